The highest BCUT2D eigenvalue weighted by atomic mass is 16.4. The maximum absolute atomic E-state index is 11.9. The van der Waals surface area contributed by atoms with Gasteiger partial charge in [0.1, 0.15) is 0 Å². The zero-order valence-electron chi connectivity index (χ0n) is 11.0. The smallest absolute Gasteiger partial charge is 0.335 e. The highest BCUT2D eigenvalue weighted by Gasteiger charge is 2.37. The summed E-state index contributed by atoms with van der Waals surface area (Å²) in [5, 5.41) is 13.1. The predicted octanol–water partition coefficient (Wildman–Crippen LogP) is 2.03. The van der Waals surface area contributed by atoms with Gasteiger partial charge in [0.25, 0.3) is 0 Å². The van der Waals surface area contributed by atoms with Gasteiger partial charge in [-0.25, -0.2) is 10.2 Å². The van der Waals surface area contributed by atoms with Crippen LogP contribution >= 0.6 is 0 Å². The second-order valence-electron chi connectivity index (χ2n) is 5.35. The number of carboxylic acid groups (broad SMARTS) is 1. The Bertz CT molecular complexity index is 577. The van der Waals surface area contributed by atoms with Crippen LogP contribution in [0.3, 0.4) is 0 Å². The highest BCUT2D eigenvalue weighted by molar-refractivity contribution is 6.07. The number of hydrogen-bond donors (Lipinski definition) is 2. The van der Waals surface area contributed by atoms with E-state index in [4.69, 9.17) is 5.11 Å². The summed E-state index contributed by atoms with van der Waals surface area (Å²) in [7, 11) is 0. The molecule has 1 aliphatic carbocycles. The van der Waals surface area contributed by atoms with Crippen molar-refractivity contribution in [3.05, 3.63) is 35.4 Å². The number of rotatable bonds is 2. The lowest BCUT2D eigenvalue weighted by Gasteiger charge is -2.34. The molecule has 0 spiro atoms. The fraction of sp³-hybridized carbons (Fsp3) is 0.400. The molecule has 1 aromatic rings. The first kappa shape index (κ1) is 12.8. The van der Waals surface area contributed by atoms with Gasteiger partial charge in [-0.3, -0.25) is 4.79 Å². The monoisotopic (exact) mass is 272 g/mol. The van der Waals surface area contributed by atoms with Crippen LogP contribution in [0, 0.1) is 11.8 Å². The molecule has 2 aliphatic rings. The number of amides is 1. The van der Waals surface area contributed by atoms with E-state index in [2.05, 4.69) is 10.5 Å². The molecular formula is C15H16N2O3. The molecule has 0 bridgehead atoms. The minimum absolute atomic E-state index is 0.00963. The summed E-state index contributed by atoms with van der Waals surface area (Å²) >= 11 is 0. The molecule has 104 valence electrons. The third-order valence-electron chi connectivity index (χ3n) is 4.17. The first-order valence-corrected chi connectivity index (χ1v) is 6.88. The molecule has 2 unspecified atom stereocenters. The number of nitrogens with zero attached hydrogens (tertiary/aromatic N) is 1. The molecule has 2 N–H and O–H groups in total. The lowest BCUT2D eigenvalue weighted by molar-refractivity contribution is -0.127. The van der Waals surface area contributed by atoms with Gasteiger partial charge in [0.2, 0.25) is 5.91 Å². The molecule has 1 amide bonds. The average Bonchev–Trinajstić information content (AvgIpc) is 2.48. The van der Waals surface area contributed by atoms with Crippen LogP contribution in [-0.4, -0.2) is 22.7 Å². The van der Waals surface area contributed by atoms with Crippen molar-refractivity contribution in [2.24, 2.45) is 16.9 Å². The number of fused-ring (bicyclic) bond motifs is 1. The molecule has 20 heavy (non-hydrogen) atoms. The van der Waals surface area contributed by atoms with Crippen molar-refractivity contribution in [2.45, 2.75) is 25.7 Å². The van der Waals surface area contributed by atoms with E-state index in [1.807, 2.05) is 0 Å². The minimum Gasteiger partial charge on any atom is -0.478 e. The molecule has 2 atom stereocenters. The van der Waals surface area contributed by atoms with Gasteiger partial charge < -0.3 is 5.11 Å². The van der Waals surface area contributed by atoms with Crippen LogP contribution in [0.1, 0.15) is 41.6 Å². The first-order valence-electron chi connectivity index (χ1n) is 6.88. The molecule has 0 aromatic heterocycles. The van der Waals surface area contributed by atoms with E-state index >= 15 is 0 Å². The Morgan fingerprint density at radius 1 is 1.15 bits per heavy atom. The summed E-state index contributed by atoms with van der Waals surface area (Å²) in [5.41, 5.74) is 4.63. The van der Waals surface area contributed by atoms with Gasteiger partial charge in [-0.1, -0.05) is 25.0 Å². The highest BCUT2D eigenvalue weighted by Crippen LogP contribution is 2.35. The largest absolute Gasteiger partial charge is 0.478 e. The van der Waals surface area contributed by atoms with Gasteiger partial charge in [0, 0.05) is 11.8 Å². The Hall–Kier alpha value is -2.17. The van der Waals surface area contributed by atoms with Crippen molar-refractivity contribution in [2.75, 3.05) is 0 Å². The summed E-state index contributed by atoms with van der Waals surface area (Å²) in [6, 6.07) is 6.69. The van der Waals surface area contributed by atoms with Crippen LogP contribution in [0.2, 0.25) is 0 Å². The number of nitrogens with one attached hydrogen (secondary N) is 1. The van der Waals surface area contributed by atoms with Crippen LogP contribution in [0.25, 0.3) is 0 Å². The lowest BCUT2D eigenvalue weighted by Crippen LogP contribution is -2.43. The van der Waals surface area contributed by atoms with Crippen molar-refractivity contribution in [3.8, 4) is 0 Å². The molecule has 0 saturated heterocycles. The molecule has 1 aromatic carbocycles. The number of hydrazone groups is 1. The number of carbonyl (C=O) groups is 2. The Balaban J connectivity index is 1.92. The maximum atomic E-state index is 11.9. The maximum Gasteiger partial charge on any atom is 0.335 e. The Kier molecular flexibility index (Phi) is 3.26. The van der Waals surface area contributed by atoms with Crippen LogP contribution in [0.15, 0.2) is 29.4 Å². The summed E-state index contributed by atoms with van der Waals surface area (Å²) in [5.74, 6) is -0.754. The number of aromatic carboxylic acids is 1. The Morgan fingerprint density at radius 2 is 1.80 bits per heavy atom. The van der Waals surface area contributed by atoms with Crippen LogP contribution in [-0.2, 0) is 4.79 Å². The summed E-state index contributed by atoms with van der Waals surface area (Å²) < 4.78 is 0. The van der Waals surface area contributed by atoms with Crippen molar-refractivity contribution in [1.82, 2.24) is 5.43 Å². The summed E-state index contributed by atoms with van der Waals surface area (Å²) in [6.07, 6.45) is 4.07. The van der Waals surface area contributed by atoms with E-state index in [1.165, 1.54) is 0 Å². The average molecular weight is 272 g/mol. The van der Waals surface area contributed by atoms with E-state index in [0.29, 0.717) is 0 Å². The second-order valence-corrected chi connectivity index (χ2v) is 5.35. The summed E-state index contributed by atoms with van der Waals surface area (Å²) in [4.78, 5) is 22.7. The van der Waals surface area contributed by atoms with Crippen LogP contribution in [0.5, 0.6) is 0 Å². The van der Waals surface area contributed by atoms with E-state index in [-0.39, 0.29) is 23.3 Å². The molecule has 1 heterocycles. The number of carboxylic acids is 1. The topological polar surface area (TPSA) is 78.8 Å². The Morgan fingerprint density at radius 3 is 2.45 bits per heavy atom. The predicted molar refractivity (Wildman–Crippen MR) is 73.5 cm³/mol. The standard InChI is InChI=1S/C15H16N2O3/c18-14-12-4-2-1-3-11(12)13(16-17-14)9-5-7-10(8-6-9)15(19)20/h5-8,11-12H,1-4H2,(H,17,18)(H,19,20). The summed E-state index contributed by atoms with van der Waals surface area (Å²) in [6.45, 7) is 0. The van der Waals surface area contributed by atoms with Crippen molar-refractivity contribution in [1.29, 1.82) is 0 Å². The molecule has 5 nitrogen and oxygen atoms in total. The molecule has 0 radical (unpaired) electrons. The van der Waals surface area contributed by atoms with Gasteiger partial charge in [-0.2, -0.15) is 5.10 Å². The number of benzene rings is 1. The quantitative estimate of drug-likeness (QED) is 0.864. The van der Waals surface area contributed by atoms with E-state index in [9.17, 15) is 9.59 Å². The molecular weight excluding hydrogens is 256 g/mol. The van der Waals surface area contributed by atoms with Gasteiger partial charge in [0.15, 0.2) is 0 Å². The normalized spacial score (nSPS) is 25.4. The fourth-order valence-corrected chi connectivity index (χ4v) is 3.12. The minimum atomic E-state index is -0.939. The third kappa shape index (κ3) is 2.19. The lowest BCUT2D eigenvalue weighted by atomic mass is 9.74. The zero-order chi connectivity index (χ0) is 14.1. The van der Waals surface area contributed by atoms with Gasteiger partial charge in [-0.15, -0.1) is 0 Å². The number of carbonyl (C=O) groups excluding carboxylic acids is 1. The first-order chi connectivity index (χ1) is 9.66. The molecule has 1 fully saturated rings. The number of hydrogen-bond acceptors (Lipinski definition) is 3. The van der Waals surface area contributed by atoms with Crippen molar-refractivity contribution >= 4 is 17.6 Å². The molecule has 5 heteroatoms. The molecule has 1 saturated carbocycles. The van der Waals surface area contributed by atoms with Crippen molar-refractivity contribution < 1.29 is 14.7 Å². The third-order valence-corrected chi connectivity index (χ3v) is 4.17. The SMILES string of the molecule is O=C(O)c1ccc(C2=NNC(=O)C3CCCCC23)cc1. The van der Waals surface area contributed by atoms with Crippen LogP contribution in [0.4, 0.5) is 0 Å². The van der Waals surface area contributed by atoms with Gasteiger partial charge in [-0.05, 0) is 30.5 Å². The molecule has 3 rings (SSSR count). The molecule has 1 aliphatic heterocycles. The van der Waals surface area contributed by atoms with Gasteiger partial charge in [0.05, 0.1) is 11.3 Å². The second kappa shape index (κ2) is 5.07. The Labute approximate surface area is 116 Å². The van der Waals surface area contributed by atoms with E-state index in [1.54, 1.807) is 24.3 Å². The zero-order valence-corrected chi connectivity index (χ0v) is 11.0. The fourth-order valence-electron chi connectivity index (χ4n) is 3.12. The van der Waals surface area contributed by atoms with E-state index < -0.39 is 5.97 Å². The van der Waals surface area contributed by atoms with Crippen molar-refractivity contribution in [3.63, 3.8) is 0 Å². The van der Waals surface area contributed by atoms with Crippen LogP contribution < -0.4 is 5.43 Å². The van der Waals surface area contributed by atoms with Gasteiger partial charge >= 0.3 is 5.97 Å². The van der Waals surface area contributed by atoms with E-state index in [0.717, 1.165) is 37.0 Å².